The fraction of sp³-hybridized carbons (Fsp3) is 0.556. The van der Waals surface area contributed by atoms with Crippen molar-refractivity contribution in [1.29, 1.82) is 0 Å². The monoisotopic (exact) mass is 500 g/mol. The van der Waals surface area contributed by atoms with Gasteiger partial charge >= 0.3 is 25.4 Å². The van der Waals surface area contributed by atoms with Crippen LogP contribution in [0.1, 0.15) is 20.1 Å². The van der Waals surface area contributed by atoms with Gasteiger partial charge in [0.1, 0.15) is 18.8 Å². The Morgan fingerprint density at radius 3 is 2.41 bits per heavy atom. The number of aromatic nitrogens is 5. The summed E-state index contributed by atoms with van der Waals surface area (Å²) in [6, 6.07) is 1.47. The highest BCUT2D eigenvalue weighted by atomic mass is 31.2. The third-order valence-electron chi connectivity index (χ3n) is 4.76. The van der Waals surface area contributed by atoms with E-state index in [-0.39, 0.29) is 12.4 Å². The van der Waals surface area contributed by atoms with Crippen molar-refractivity contribution < 1.29 is 37.4 Å². The lowest BCUT2D eigenvalue weighted by Crippen LogP contribution is -2.41. The molecule has 0 bridgehead atoms. The van der Waals surface area contributed by atoms with Gasteiger partial charge in [0.25, 0.3) is 0 Å². The molecule has 0 N–H and O–H groups in total. The van der Waals surface area contributed by atoms with E-state index in [1.54, 1.807) is 0 Å². The van der Waals surface area contributed by atoms with Crippen molar-refractivity contribution in [2.75, 3.05) is 27.8 Å². The lowest BCUT2D eigenvalue weighted by molar-refractivity contribution is -0.165. The normalized spacial score (nSPS) is 24.1. The number of ether oxygens (including phenoxy) is 3. The van der Waals surface area contributed by atoms with Gasteiger partial charge < -0.3 is 14.2 Å². The van der Waals surface area contributed by atoms with Gasteiger partial charge in [-0.05, 0) is 20.2 Å². The van der Waals surface area contributed by atoms with E-state index in [4.69, 9.17) is 23.3 Å². The van der Waals surface area contributed by atoms with Gasteiger partial charge in [-0.15, -0.1) is 0 Å². The van der Waals surface area contributed by atoms with Crippen molar-refractivity contribution >= 4 is 19.7 Å². The summed E-state index contributed by atoms with van der Waals surface area (Å²) in [5, 5.41) is 3.91. The van der Waals surface area contributed by atoms with E-state index in [0.29, 0.717) is 0 Å². The minimum atomic E-state index is -3.66. The molecule has 1 aliphatic rings. The largest absolute Gasteiger partial charge is 0.456 e. The van der Waals surface area contributed by atoms with Crippen LogP contribution in [0.4, 0.5) is 0 Å². The van der Waals surface area contributed by atoms with E-state index in [9.17, 15) is 18.9 Å². The summed E-state index contributed by atoms with van der Waals surface area (Å²) < 4.78 is 43.4. The highest BCUT2D eigenvalue weighted by Crippen LogP contribution is 2.50. The average Bonchev–Trinajstić information content (AvgIpc) is 3.41. The van der Waals surface area contributed by atoms with Gasteiger partial charge in [-0.1, -0.05) is 0 Å². The quantitative estimate of drug-likeness (QED) is 0.332. The minimum absolute atomic E-state index is 0.198. The summed E-state index contributed by atoms with van der Waals surface area (Å²) in [7, 11) is 0.546. The van der Waals surface area contributed by atoms with Crippen LogP contribution in [-0.2, 0) is 37.4 Å². The highest BCUT2D eigenvalue weighted by Gasteiger charge is 2.51. The molecule has 186 valence electrons. The molecule has 1 aliphatic heterocycles. The Morgan fingerprint density at radius 1 is 1.21 bits per heavy atom. The molecule has 34 heavy (non-hydrogen) atoms. The molecule has 2 aromatic heterocycles. The van der Waals surface area contributed by atoms with Crippen LogP contribution >= 0.6 is 7.75 Å². The van der Waals surface area contributed by atoms with E-state index in [1.165, 1.54) is 55.5 Å². The maximum absolute atomic E-state index is 12.8. The molecule has 1 saturated heterocycles. The topological polar surface area (TPSA) is 166 Å². The molecule has 0 radical (unpaired) electrons. The first-order chi connectivity index (χ1) is 16.1. The molecule has 1 fully saturated rings. The number of carbonyl (C=O) groups excluding carboxylic acids is 2. The second-order valence-electron chi connectivity index (χ2n) is 7.32. The van der Waals surface area contributed by atoms with Crippen LogP contribution in [0.25, 0.3) is 5.82 Å². The molecular weight excluding hydrogens is 475 g/mol. The summed E-state index contributed by atoms with van der Waals surface area (Å²) in [6.07, 6.45) is -0.695. The van der Waals surface area contributed by atoms with Gasteiger partial charge in [0.05, 0.1) is 6.61 Å². The van der Waals surface area contributed by atoms with E-state index in [0.717, 1.165) is 18.4 Å². The van der Waals surface area contributed by atoms with Gasteiger partial charge in [-0.25, -0.2) is 23.7 Å². The van der Waals surface area contributed by atoms with Crippen LogP contribution in [0.2, 0.25) is 0 Å². The molecule has 2 aromatic rings. The standard InChI is InChI=1S/C18H25N6O9P/c1-11(25)31-15-13(8-30-34(28,29-5)22(3)4)33-17(16(15)32-12(2)26)23-7-6-14(21-18(23)27)24-10-19-9-20-24/h6-7,9-10,13,15-17H,8H2,1-5H3/t13?,15-,16-,17?,34?/m1/s1. The second kappa shape index (κ2) is 10.5. The molecule has 5 atom stereocenters. The van der Waals surface area contributed by atoms with Crippen molar-refractivity contribution in [3.8, 4) is 5.82 Å². The third kappa shape index (κ3) is 5.56. The van der Waals surface area contributed by atoms with Crippen molar-refractivity contribution in [3.63, 3.8) is 0 Å². The molecule has 3 unspecified atom stereocenters. The number of hydrogen-bond donors (Lipinski definition) is 0. The minimum Gasteiger partial charge on any atom is -0.456 e. The van der Waals surface area contributed by atoms with Gasteiger partial charge in [-0.3, -0.25) is 23.2 Å². The Labute approximate surface area is 194 Å². The zero-order valence-corrected chi connectivity index (χ0v) is 20.0. The molecule has 0 amide bonds. The van der Waals surface area contributed by atoms with Crippen LogP contribution < -0.4 is 5.69 Å². The number of nitrogens with zero attached hydrogens (tertiary/aromatic N) is 6. The molecule has 3 heterocycles. The average molecular weight is 500 g/mol. The fourth-order valence-electron chi connectivity index (χ4n) is 3.27. The zero-order chi connectivity index (χ0) is 25.0. The van der Waals surface area contributed by atoms with Crippen LogP contribution in [-0.4, -0.2) is 87.0 Å². The van der Waals surface area contributed by atoms with Crippen LogP contribution in [0.3, 0.4) is 0 Å². The Hall–Kier alpha value is -2.97. The molecule has 0 aromatic carbocycles. The van der Waals surface area contributed by atoms with E-state index in [1.807, 2.05) is 0 Å². The van der Waals surface area contributed by atoms with E-state index < -0.39 is 49.9 Å². The molecule has 0 aliphatic carbocycles. The smallest absolute Gasteiger partial charge is 0.407 e. The van der Waals surface area contributed by atoms with Crippen LogP contribution in [0.5, 0.6) is 0 Å². The van der Waals surface area contributed by atoms with Crippen LogP contribution in [0.15, 0.2) is 29.7 Å². The molecule has 3 rings (SSSR count). The number of rotatable bonds is 9. The summed E-state index contributed by atoms with van der Waals surface area (Å²) in [5.74, 6) is -1.19. The van der Waals surface area contributed by atoms with Gasteiger partial charge in [0, 0.05) is 27.2 Å². The predicted molar refractivity (Wildman–Crippen MR) is 113 cm³/mol. The Morgan fingerprint density at radius 2 is 1.88 bits per heavy atom. The molecule has 15 nitrogen and oxygen atoms in total. The third-order valence-corrected chi connectivity index (χ3v) is 6.67. The molecule has 0 spiro atoms. The van der Waals surface area contributed by atoms with Gasteiger partial charge in [-0.2, -0.15) is 10.1 Å². The van der Waals surface area contributed by atoms with Crippen molar-refractivity contribution in [3.05, 3.63) is 35.4 Å². The lowest BCUT2D eigenvalue weighted by Gasteiger charge is -2.25. The first-order valence-corrected chi connectivity index (χ1v) is 11.5. The predicted octanol–water partition coefficient (Wildman–Crippen LogP) is -0.0825. The highest BCUT2D eigenvalue weighted by molar-refractivity contribution is 7.51. The van der Waals surface area contributed by atoms with Crippen molar-refractivity contribution in [2.24, 2.45) is 0 Å². The van der Waals surface area contributed by atoms with Gasteiger partial charge in [0.15, 0.2) is 24.3 Å². The maximum Gasteiger partial charge on any atom is 0.407 e. The summed E-state index contributed by atoms with van der Waals surface area (Å²) in [4.78, 5) is 44.2. The fourth-order valence-corrected chi connectivity index (χ4v) is 4.27. The lowest BCUT2D eigenvalue weighted by atomic mass is 10.1. The molecule has 16 heteroatoms. The first kappa shape index (κ1) is 25.6. The number of esters is 2. The summed E-state index contributed by atoms with van der Waals surface area (Å²) in [5.41, 5.74) is -0.755. The summed E-state index contributed by atoms with van der Waals surface area (Å²) >= 11 is 0. The molecular formula is C18H25N6O9P. The maximum atomic E-state index is 12.8. The Kier molecular flexibility index (Phi) is 7.94. The molecule has 0 saturated carbocycles. The summed E-state index contributed by atoms with van der Waals surface area (Å²) in [6.45, 7) is 1.96. The SMILES string of the molecule is COP(=O)(OCC1OC(n2ccc(-n3cncn3)nc2=O)[C@H](OC(C)=O)[C@@H]1OC(C)=O)N(C)C. The number of carbonyl (C=O) groups is 2. The second-order valence-corrected chi connectivity index (χ2v) is 9.68. The van der Waals surface area contributed by atoms with Gasteiger partial charge in [0.2, 0.25) is 0 Å². The van der Waals surface area contributed by atoms with Crippen molar-refractivity contribution in [1.82, 2.24) is 29.0 Å². The van der Waals surface area contributed by atoms with E-state index in [2.05, 4.69) is 15.1 Å². The van der Waals surface area contributed by atoms with E-state index >= 15 is 0 Å². The zero-order valence-electron chi connectivity index (χ0n) is 19.1. The Balaban J connectivity index is 1.95. The number of hydrogen-bond acceptors (Lipinski definition) is 12. The first-order valence-electron chi connectivity index (χ1n) is 9.98. The van der Waals surface area contributed by atoms with Crippen LogP contribution in [0, 0.1) is 0 Å². The van der Waals surface area contributed by atoms with Crippen molar-refractivity contribution in [2.45, 2.75) is 38.4 Å². The Bertz CT molecular complexity index is 1120.